The van der Waals surface area contributed by atoms with Crippen LogP contribution in [0.1, 0.15) is 31.4 Å². The van der Waals surface area contributed by atoms with Crippen molar-refractivity contribution in [2.75, 3.05) is 6.54 Å². The molecule has 0 aromatic heterocycles. The number of piperazine rings is 1. The maximum absolute atomic E-state index is 12.2. The van der Waals surface area contributed by atoms with Crippen molar-refractivity contribution in [3.05, 3.63) is 35.9 Å². The number of rotatable bonds is 1. The molecule has 2 unspecified atom stereocenters. The Balaban J connectivity index is 1.91. The average Bonchev–Trinajstić information content (AvgIpc) is 2.69. The highest BCUT2D eigenvalue weighted by Gasteiger charge is 2.51. The molecule has 2 amide bonds. The smallest absolute Gasteiger partial charge is 0.246 e. The third-order valence-electron chi connectivity index (χ3n) is 4.08. The normalized spacial score (nSPS) is 31.2. The fourth-order valence-corrected chi connectivity index (χ4v) is 2.85. The minimum absolute atomic E-state index is 0.0338. The largest absolute Gasteiger partial charge is 0.345 e. The molecule has 4 heteroatoms. The van der Waals surface area contributed by atoms with E-state index >= 15 is 0 Å². The molecule has 1 N–H and O–H groups in total. The molecule has 0 bridgehead atoms. The van der Waals surface area contributed by atoms with Crippen molar-refractivity contribution in [1.29, 1.82) is 0 Å². The second-order valence-electron chi connectivity index (χ2n) is 5.21. The van der Waals surface area contributed by atoms with Crippen LogP contribution >= 0.6 is 0 Å². The van der Waals surface area contributed by atoms with Gasteiger partial charge in [0.25, 0.3) is 0 Å². The van der Waals surface area contributed by atoms with E-state index in [9.17, 15) is 9.59 Å². The number of benzene rings is 1. The molecule has 0 spiro atoms. The summed E-state index contributed by atoms with van der Waals surface area (Å²) in [5, 5.41) is 3.03. The molecule has 1 aromatic carbocycles. The first-order chi connectivity index (χ1) is 8.61. The lowest BCUT2D eigenvalue weighted by Gasteiger charge is -2.42. The predicted octanol–water partition coefficient (Wildman–Crippen LogP) is 1.24. The van der Waals surface area contributed by atoms with Crippen LogP contribution in [0.4, 0.5) is 0 Å². The number of nitrogens with zero attached hydrogens (tertiary/aromatic N) is 1. The maximum Gasteiger partial charge on any atom is 0.246 e. The van der Waals surface area contributed by atoms with Crippen LogP contribution in [-0.4, -0.2) is 28.8 Å². The van der Waals surface area contributed by atoms with E-state index in [1.54, 1.807) is 4.90 Å². The summed E-state index contributed by atoms with van der Waals surface area (Å²) in [5.74, 6) is 0.0572. The number of hydrogen-bond donors (Lipinski definition) is 1. The number of hydrogen-bond acceptors (Lipinski definition) is 2. The van der Waals surface area contributed by atoms with Crippen LogP contribution in [0.15, 0.2) is 30.3 Å². The highest BCUT2D eigenvalue weighted by atomic mass is 16.2. The molecule has 2 saturated heterocycles. The van der Waals surface area contributed by atoms with Gasteiger partial charge in [0, 0.05) is 13.0 Å². The van der Waals surface area contributed by atoms with Crippen LogP contribution in [0.5, 0.6) is 0 Å². The molecule has 2 aliphatic rings. The van der Waals surface area contributed by atoms with Gasteiger partial charge in [-0.3, -0.25) is 9.59 Å². The topological polar surface area (TPSA) is 49.4 Å². The van der Waals surface area contributed by atoms with Gasteiger partial charge >= 0.3 is 0 Å². The summed E-state index contributed by atoms with van der Waals surface area (Å²) in [4.78, 5) is 25.8. The Bertz CT molecular complexity index is 500. The zero-order valence-electron chi connectivity index (χ0n) is 10.3. The van der Waals surface area contributed by atoms with Gasteiger partial charge in [-0.1, -0.05) is 30.3 Å². The standard InChI is InChI=1S/C14H16N2O2/c1-14-8-7-12(17)16(14)9-11(15-13(14)18)10-5-3-2-4-6-10/h2-6,11H,7-9H2,1H3,(H,15,18). The van der Waals surface area contributed by atoms with E-state index in [0.717, 1.165) is 5.56 Å². The van der Waals surface area contributed by atoms with Gasteiger partial charge in [0.2, 0.25) is 11.8 Å². The molecule has 2 atom stereocenters. The number of fused-ring (bicyclic) bond motifs is 1. The lowest BCUT2D eigenvalue weighted by molar-refractivity contribution is -0.145. The summed E-state index contributed by atoms with van der Waals surface area (Å²) in [6.45, 7) is 2.43. The molecular weight excluding hydrogens is 228 g/mol. The van der Waals surface area contributed by atoms with Gasteiger partial charge in [0.1, 0.15) is 5.54 Å². The molecule has 3 rings (SSSR count). The minimum atomic E-state index is -0.637. The molecular formula is C14H16N2O2. The van der Waals surface area contributed by atoms with Crippen molar-refractivity contribution in [2.24, 2.45) is 0 Å². The lowest BCUT2D eigenvalue weighted by Crippen LogP contribution is -2.62. The zero-order valence-corrected chi connectivity index (χ0v) is 10.3. The Morgan fingerprint density at radius 3 is 2.72 bits per heavy atom. The SMILES string of the molecule is CC12CCC(=O)N1CC(c1ccccc1)NC2=O. The van der Waals surface area contributed by atoms with Gasteiger partial charge in [0.15, 0.2) is 0 Å². The summed E-state index contributed by atoms with van der Waals surface area (Å²) in [7, 11) is 0. The fourth-order valence-electron chi connectivity index (χ4n) is 2.85. The lowest BCUT2D eigenvalue weighted by atomic mass is 9.92. The van der Waals surface area contributed by atoms with Gasteiger partial charge in [-0.15, -0.1) is 0 Å². The molecule has 2 heterocycles. The molecule has 0 radical (unpaired) electrons. The van der Waals surface area contributed by atoms with E-state index < -0.39 is 5.54 Å². The summed E-state index contributed by atoms with van der Waals surface area (Å²) in [5.41, 5.74) is 0.412. The molecule has 0 saturated carbocycles. The minimum Gasteiger partial charge on any atom is -0.345 e. The summed E-state index contributed by atoms with van der Waals surface area (Å²) in [6.07, 6.45) is 1.10. The van der Waals surface area contributed by atoms with E-state index in [1.807, 2.05) is 37.3 Å². The zero-order chi connectivity index (χ0) is 12.8. The van der Waals surface area contributed by atoms with E-state index in [-0.39, 0.29) is 17.9 Å². The van der Waals surface area contributed by atoms with Crippen LogP contribution in [0.25, 0.3) is 0 Å². The van der Waals surface area contributed by atoms with Crippen molar-refractivity contribution in [3.8, 4) is 0 Å². The van der Waals surface area contributed by atoms with Crippen molar-refractivity contribution in [2.45, 2.75) is 31.3 Å². The fraction of sp³-hybridized carbons (Fsp3) is 0.429. The first-order valence-electron chi connectivity index (χ1n) is 6.28. The third-order valence-corrected chi connectivity index (χ3v) is 4.08. The summed E-state index contributed by atoms with van der Waals surface area (Å²) in [6, 6.07) is 9.71. The second-order valence-corrected chi connectivity index (χ2v) is 5.21. The van der Waals surface area contributed by atoms with Crippen molar-refractivity contribution < 1.29 is 9.59 Å². The predicted molar refractivity (Wildman–Crippen MR) is 66.7 cm³/mol. The number of amides is 2. The third kappa shape index (κ3) is 1.52. The molecule has 4 nitrogen and oxygen atoms in total. The van der Waals surface area contributed by atoms with Crippen LogP contribution < -0.4 is 5.32 Å². The number of carbonyl (C=O) groups excluding carboxylic acids is 2. The van der Waals surface area contributed by atoms with E-state index in [2.05, 4.69) is 5.32 Å². The summed E-state index contributed by atoms with van der Waals surface area (Å²) < 4.78 is 0. The molecule has 94 valence electrons. The quantitative estimate of drug-likeness (QED) is 0.808. The highest BCUT2D eigenvalue weighted by Crippen LogP contribution is 2.35. The van der Waals surface area contributed by atoms with Crippen molar-refractivity contribution in [3.63, 3.8) is 0 Å². The Morgan fingerprint density at radius 2 is 2.00 bits per heavy atom. The van der Waals surface area contributed by atoms with E-state index in [1.165, 1.54) is 0 Å². The monoisotopic (exact) mass is 244 g/mol. The Kier molecular flexibility index (Phi) is 2.40. The first kappa shape index (κ1) is 11.3. The van der Waals surface area contributed by atoms with E-state index in [0.29, 0.717) is 19.4 Å². The number of carbonyl (C=O) groups is 2. The maximum atomic E-state index is 12.2. The highest BCUT2D eigenvalue weighted by molar-refractivity contribution is 5.95. The van der Waals surface area contributed by atoms with Gasteiger partial charge < -0.3 is 10.2 Å². The van der Waals surface area contributed by atoms with Gasteiger partial charge in [-0.25, -0.2) is 0 Å². The molecule has 1 aromatic rings. The molecule has 2 fully saturated rings. The van der Waals surface area contributed by atoms with Gasteiger partial charge in [-0.2, -0.15) is 0 Å². The molecule has 0 aliphatic carbocycles. The van der Waals surface area contributed by atoms with Crippen LogP contribution in [0.3, 0.4) is 0 Å². The molecule has 2 aliphatic heterocycles. The van der Waals surface area contributed by atoms with Gasteiger partial charge in [0.05, 0.1) is 6.04 Å². The van der Waals surface area contributed by atoms with Crippen LogP contribution in [-0.2, 0) is 9.59 Å². The second kappa shape index (κ2) is 3.83. The first-order valence-corrected chi connectivity index (χ1v) is 6.28. The van der Waals surface area contributed by atoms with Crippen molar-refractivity contribution in [1.82, 2.24) is 10.2 Å². The Hall–Kier alpha value is -1.84. The van der Waals surface area contributed by atoms with Crippen LogP contribution in [0.2, 0.25) is 0 Å². The van der Waals surface area contributed by atoms with Crippen LogP contribution in [0, 0.1) is 0 Å². The summed E-state index contributed by atoms with van der Waals surface area (Å²) >= 11 is 0. The van der Waals surface area contributed by atoms with E-state index in [4.69, 9.17) is 0 Å². The Labute approximate surface area is 106 Å². The Morgan fingerprint density at radius 1 is 1.28 bits per heavy atom. The van der Waals surface area contributed by atoms with Gasteiger partial charge in [-0.05, 0) is 18.9 Å². The number of nitrogens with one attached hydrogen (secondary N) is 1. The molecule has 18 heavy (non-hydrogen) atoms. The average molecular weight is 244 g/mol. The van der Waals surface area contributed by atoms with Crippen molar-refractivity contribution >= 4 is 11.8 Å².